The average molecular weight is 261 g/mol. The maximum absolute atomic E-state index is 4.78. The maximum atomic E-state index is 4.78. The van der Waals surface area contributed by atoms with E-state index < -0.39 is 0 Å². The highest BCUT2D eigenvalue weighted by Gasteiger charge is 2.49. The molecule has 0 aromatic heterocycles. The first-order chi connectivity index (χ1) is 9.70. The maximum Gasteiger partial charge on any atom is 0.101 e. The third-order valence-electron chi connectivity index (χ3n) is 5.18. The standard InChI is InChI=1S/C19H19N/c1-13-11-19(13,2)17-10-6-5-9-16(17)18-15-8-4-3-7-14(15)12-20-18/h3-10,12-13,18H,11H2,1-2H3. The summed E-state index contributed by atoms with van der Waals surface area (Å²) in [6, 6.07) is 17.6. The Morgan fingerprint density at radius 3 is 2.40 bits per heavy atom. The first kappa shape index (κ1) is 11.9. The van der Waals surface area contributed by atoms with Crippen molar-refractivity contribution in [1.82, 2.24) is 0 Å². The van der Waals surface area contributed by atoms with Crippen molar-refractivity contribution in [2.45, 2.75) is 31.7 Å². The van der Waals surface area contributed by atoms with Crippen LogP contribution in [0.25, 0.3) is 0 Å². The van der Waals surface area contributed by atoms with Crippen LogP contribution in [0.1, 0.15) is 48.6 Å². The van der Waals surface area contributed by atoms with E-state index in [0.717, 1.165) is 5.92 Å². The predicted molar refractivity (Wildman–Crippen MR) is 83.5 cm³/mol. The molecule has 4 rings (SSSR count). The first-order valence-electron chi connectivity index (χ1n) is 7.41. The van der Waals surface area contributed by atoms with E-state index in [0.29, 0.717) is 5.41 Å². The zero-order valence-corrected chi connectivity index (χ0v) is 12.0. The van der Waals surface area contributed by atoms with E-state index in [1.807, 2.05) is 6.21 Å². The summed E-state index contributed by atoms with van der Waals surface area (Å²) < 4.78 is 0. The zero-order chi connectivity index (χ0) is 13.7. The molecular weight excluding hydrogens is 242 g/mol. The van der Waals surface area contributed by atoms with E-state index in [4.69, 9.17) is 4.99 Å². The van der Waals surface area contributed by atoms with E-state index in [2.05, 4.69) is 62.4 Å². The highest BCUT2D eigenvalue weighted by atomic mass is 14.8. The van der Waals surface area contributed by atoms with Crippen LogP contribution >= 0.6 is 0 Å². The molecule has 0 radical (unpaired) electrons. The Morgan fingerprint density at radius 2 is 1.65 bits per heavy atom. The molecule has 1 heterocycles. The summed E-state index contributed by atoms with van der Waals surface area (Å²) in [6.45, 7) is 4.74. The molecule has 2 aromatic rings. The lowest BCUT2D eigenvalue weighted by atomic mass is 9.86. The van der Waals surface area contributed by atoms with Gasteiger partial charge in [0.25, 0.3) is 0 Å². The summed E-state index contributed by atoms with van der Waals surface area (Å²) in [6.07, 6.45) is 3.32. The van der Waals surface area contributed by atoms with Gasteiger partial charge in [0, 0.05) is 6.21 Å². The minimum absolute atomic E-state index is 0.187. The van der Waals surface area contributed by atoms with Gasteiger partial charge in [0.05, 0.1) is 0 Å². The molecule has 1 fully saturated rings. The Kier molecular flexibility index (Phi) is 2.41. The molecule has 100 valence electrons. The molecule has 2 aromatic carbocycles. The van der Waals surface area contributed by atoms with Crippen LogP contribution in [0, 0.1) is 5.92 Å². The summed E-state index contributed by atoms with van der Waals surface area (Å²) in [5.41, 5.74) is 5.84. The summed E-state index contributed by atoms with van der Waals surface area (Å²) in [4.78, 5) is 4.78. The van der Waals surface area contributed by atoms with Crippen LogP contribution in [0.2, 0.25) is 0 Å². The third kappa shape index (κ3) is 1.59. The van der Waals surface area contributed by atoms with Gasteiger partial charge in [-0.25, -0.2) is 0 Å². The van der Waals surface area contributed by atoms with Gasteiger partial charge in [0.1, 0.15) is 6.04 Å². The molecule has 2 aliphatic rings. The summed E-state index contributed by atoms with van der Waals surface area (Å²) in [5.74, 6) is 0.782. The van der Waals surface area contributed by atoms with Gasteiger partial charge in [-0.1, -0.05) is 62.4 Å². The monoisotopic (exact) mass is 261 g/mol. The normalized spacial score (nSPS) is 30.3. The van der Waals surface area contributed by atoms with Crippen LogP contribution in [-0.2, 0) is 5.41 Å². The second kappa shape index (κ2) is 4.05. The Balaban J connectivity index is 1.84. The van der Waals surface area contributed by atoms with E-state index in [9.17, 15) is 0 Å². The van der Waals surface area contributed by atoms with Gasteiger partial charge in [-0.15, -0.1) is 0 Å². The molecule has 1 aliphatic carbocycles. The fourth-order valence-corrected chi connectivity index (χ4v) is 3.57. The molecule has 3 unspecified atom stereocenters. The molecule has 0 N–H and O–H groups in total. The molecule has 20 heavy (non-hydrogen) atoms. The topological polar surface area (TPSA) is 12.4 Å². The molecule has 1 saturated carbocycles. The van der Waals surface area contributed by atoms with Crippen molar-refractivity contribution in [2.24, 2.45) is 10.9 Å². The second-order valence-electron chi connectivity index (χ2n) is 6.42. The van der Waals surface area contributed by atoms with E-state index >= 15 is 0 Å². The average Bonchev–Trinajstić information content (AvgIpc) is 2.92. The summed E-state index contributed by atoms with van der Waals surface area (Å²) in [7, 11) is 0. The number of rotatable bonds is 2. The highest BCUT2D eigenvalue weighted by molar-refractivity contribution is 5.86. The molecule has 1 nitrogen and oxygen atoms in total. The van der Waals surface area contributed by atoms with E-state index in [1.54, 1.807) is 0 Å². The molecule has 0 bridgehead atoms. The van der Waals surface area contributed by atoms with Crippen LogP contribution < -0.4 is 0 Å². The number of hydrogen-bond donors (Lipinski definition) is 0. The van der Waals surface area contributed by atoms with Crippen molar-refractivity contribution >= 4 is 6.21 Å². The van der Waals surface area contributed by atoms with Crippen molar-refractivity contribution in [3.05, 3.63) is 70.8 Å². The number of aliphatic imine (C=N–C) groups is 1. The van der Waals surface area contributed by atoms with Gasteiger partial charge < -0.3 is 0 Å². The van der Waals surface area contributed by atoms with Gasteiger partial charge in [0.2, 0.25) is 0 Å². The van der Waals surface area contributed by atoms with Crippen LogP contribution in [0.5, 0.6) is 0 Å². The highest BCUT2D eigenvalue weighted by Crippen LogP contribution is 2.55. The van der Waals surface area contributed by atoms with Crippen LogP contribution in [0.15, 0.2) is 53.5 Å². The van der Waals surface area contributed by atoms with Crippen molar-refractivity contribution in [3.8, 4) is 0 Å². The first-order valence-corrected chi connectivity index (χ1v) is 7.41. The fraction of sp³-hybridized carbons (Fsp3) is 0.316. The van der Waals surface area contributed by atoms with Gasteiger partial charge in [0.15, 0.2) is 0 Å². The third-order valence-corrected chi connectivity index (χ3v) is 5.18. The minimum atomic E-state index is 0.187. The van der Waals surface area contributed by atoms with E-state index in [-0.39, 0.29) is 6.04 Å². The number of nitrogens with zero attached hydrogens (tertiary/aromatic N) is 1. The molecule has 1 heteroatoms. The van der Waals surface area contributed by atoms with Crippen LogP contribution in [-0.4, -0.2) is 6.21 Å². The Bertz CT molecular complexity index is 700. The number of hydrogen-bond acceptors (Lipinski definition) is 1. The molecule has 0 spiro atoms. The number of benzene rings is 2. The molecule has 0 amide bonds. The quantitative estimate of drug-likeness (QED) is 0.754. The minimum Gasteiger partial charge on any atom is -0.280 e. The lowest BCUT2D eigenvalue weighted by Gasteiger charge is -2.20. The molecule has 1 aliphatic heterocycles. The van der Waals surface area contributed by atoms with Gasteiger partial charge in [-0.05, 0) is 40.0 Å². The van der Waals surface area contributed by atoms with E-state index in [1.165, 1.54) is 28.7 Å². The lowest BCUT2D eigenvalue weighted by Crippen LogP contribution is -2.10. The Morgan fingerprint density at radius 1 is 1.00 bits per heavy atom. The second-order valence-corrected chi connectivity index (χ2v) is 6.42. The zero-order valence-electron chi connectivity index (χ0n) is 12.0. The predicted octanol–water partition coefficient (Wildman–Crippen LogP) is 4.51. The van der Waals surface area contributed by atoms with Crippen LogP contribution in [0.3, 0.4) is 0 Å². The van der Waals surface area contributed by atoms with Gasteiger partial charge in [-0.2, -0.15) is 0 Å². The van der Waals surface area contributed by atoms with Crippen LogP contribution in [0.4, 0.5) is 0 Å². The smallest absolute Gasteiger partial charge is 0.101 e. The van der Waals surface area contributed by atoms with Crippen molar-refractivity contribution in [1.29, 1.82) is 0 Å². The molecular formula is C19H19N. The largest absolute Gasteiger partial charge is 0.280 e. The van der Waals surface area contributed by atoms with Crippen molar-refractivity contribution in [3.63, 3.8) is 0 Å². The fourth-order valence-electron chi connectivity index (χ4n) is 3.57. The van der Waals surface area contributed by atoms with Gasteiger partial charge in [-0.3, -0.25) is 4.99 Å². The van der Waals surface area contributed by atoms with Crippen molar-refractivity contribution in [2.75, 3.05) is 0 Å². The van der Waals surface area contributed by atoms with Crippen molar-refractivity contribution < 1.29 is 0 Å². The summed E-state index contributed by atoms with van der Waals surface area (Å²) in [5, 5.41) is 0. The molecule has 3 atom stereocenters. The SMILES string of the molecule is CC1CC1(C)c1ccccc1C1N=Cc2ccccc21. The van der Waals surface area contributed by atoms with Gasteiger partial charge >= 0.3 is 0 Å². The Hall–Kier alpha value is -1.89. The number of fused-ring (bicyclic) bond motifs is 1. The lowest BCUT2D eigenvalue weighted by molar-refractivity contribution is 0.683. The summed E-state index contributed by atoms with van der Waals surface area (Å²) >= 11 is 0. The Labute approximate surface area is 120 Å². The molecule has 0 saturated heterocycles.